The molecule has 1 amide bonds. The van der Waals surface area contributed by atoms with Crippen LogP contribution in [0.5, 0.6) is 0 Å². The molecule has 162 valence electrons. The Morgan fingerprint density at radius 1 is 1.17 bits per heavy atom. The van der Waals surface area contributed by atoms with Crippen molar-refractivity contribution in [3.8, 4) is 0 Å². The van der Waals surface area contributed by atoms with Gasteiger partial charge in [-0.25, -0.2) is 12.8 Å². The maximum atomic E-state index is 13.0. The number of carbonyl (C=O) groups excluding carboxylic acids is 1. The van der Waals surface area contributed by atoms with Crippen LogP contribution in [-0.2, 0) is 10.0 Å². The zero-order valence-electron chi connectivity index (χ0n) is 16.7. The maximum Gasteiger partial charge on any atom is 0.263 e. The van der Waals surface area contributed by atoms with E-state index in [0.29, 0.717) is 6.54 Å². The van der Waals surface area contributed by atoms with Gasteiger partial charge in [0.15, 0.2) is 0 Å². The predicted octanol–water partition coefficient (Wildman–Crippen LogP) is 3.74. The Morgan fingerprint density at radius 2 is 1.83 bits per heavy atom. The van der Waals surface area contributed by atoms with Crippen LogP contribution >= 0.6 is 11.6 Å². The van der Waals surface area contributed by atoms with Gasteiger partial charge in [0.05, 0.1) is 5.02 Å². The van der Waals surface area contributed by atoms with Crippen LogP contribution in [0.25, 0.3) is 0 Å². The lowest BCUT2D eigenvalue weighted by Gasteiger charge is -2.20. The number of anilines is 1. The number of hydrogen-bond acceptors (Lipinski definition) is 4. The SMILES string of the molecule is CC(CNC(=O)c1ccc(Cl)c(S(=O)(=O)Nc2ccc(F)cc2)c1)CN1CCCC1. The molecule has 1 heterocycles. The Kier molecular flexibility index (Phi) is 7.33. The Hall–Kier alpha value is -2.16. The van der Waals surface area contributed by atoms with Crippen LogP contribution in [0.2, 0.25) is 5.02 Å². The summed E-state index contributed by atoms with van der Waals surface area (Å²) < 4.78 is 40.8. The highest BCUT2D eigenvalue weighted by Gasteiger charge is 2.21. The van der Waals surface area contributed by atoms with E-state index in [0.717, 1.165) is 31.8 Å². The predicted molar refractivity (Wildman–Crippen MR) is 116 cm³/mol. The van der Waals surface area contributed by atoms with Gasteiger partial charge in [-0.3, -0.25) is 9.52 Å². The molecule has 3 rings (SSSR count). The topological polar surface area (TPSA) is 78.5 Å². The van der Waals surface area contributed by atoms with Gasteiger partial charge in [0, 0.05) is 24.3 Å². The van der Waals surface area contributed by atoms with Gasteiger partial charge < -0.3 is 10.2 Å². The van der Waals surface area contributed by atoms with E-state index in [-0.39, 0.29) is 33.0 Å². The molecule has 2 aromatic carbocycles. The minimum Gasteiger partial charge on any atom is -0.352 e. The molecule has 0 spiro atoms. The fourth-order valence-electron chi connectivity index (χ4n) is 3.42. The second-order valence-corrected chi connectivity index (χ2v) is 9.64. The molecule has 1 atom stereocenters. The van der Waals surface area contributed by atoms with Crippen molar-refractivity contribution in [2.45, 2.75) is 24.7 Å². The van der Waals surface area contributed by atoms with E-state index < -0.39 is 15.8 Å². The molecule has 0 radical (unpaired) electrons. The van der Waals surface area contributed by atoms with Crippen molar-refractivity contribution in [3.63, 3.8) is 0 Å². The normalized spacial score (nSPS) is 15.7. The number of nitrogens with one attached hydrogen (secondary N) is 2. The van der Waals surface area contributed by atoms with Crippen molar-refractivity contribution in [1.82, 2.24) is 10.2 Å². The first-order valence-electron chi connectivity index (χ1n) is 9.83. The number of likely N-dealkylation sites (tertiary alicyclic amines) is 1. The lowest BCUT2D eigenvalue weighted by atomic mass is 10.1. The van der Waals surface area contributed by atoms with Gasteiger partial charge in [-0.05, 0) is 74.3 Å². The summed E-state index contributed by atoms with van der Waals surface area (Å²) in [6.07, 6.45) is 2.43. The molecule has 2 aromatic rings. The zero-order valence-corrected chi connectivity index (χ0v) is 18.3. The minimum atomic E-state index is -4.05. The van der Waals surface area contributed by atoms with Crippen molar-refractivity contribution >= 4 is 33.2 Å². The average molecular weight is 454 g/mol. The molecule has 0 bridgehead atoms. The number of carbonyl (C=O) groups is 1. The minimum absolute atomic E-state index is 0.0106. The molecule has 9 heteroatoms. The van der Waals surface area contributed by atoms with E-state index in [4.69, 9.17) is 11.6 Å². The molecule has 0 saturated carbocycles. The van der Waals surface area contributed by atoms with Crippen molar-refractivity contribution in [2.75, 3.05) is 30.9 Å². The molecule has 6 nitrogen and oxygen atoms in total. The van der Waals surface area contributed by atoms with Crippen LogP contribution in [0.1, 0.15) is 30.1 Å². The van der Waals surface area contributed by atoms with Crippen molar-refractivity contribution in [1.29, 1.82) is 0 Å². The molecule has 2 N–H and O–H groups in total. The summed E-state index contributed by atoms with van der Waals surface area (Å²) in [6, 6.07) is 9.01. The first-order valence-corrected chi connectivity index (χ1v) is 11.7. The first kappa shape index (κ1) is 22.5. The number of sulfonamides is 1. The number of rotatable bonds is 8. The Labute approximate surface area is 181 Å². The van der Waals surface area contributed by atoms with E-state index in [9.17, 15) is 17.6 Å². The fourth-order valence-corrected chi connectivity index (χ4v) is 5.00. The van der Waals surface area contributed by atoms with E-state index in [2.05, 4.69) is 21.9 Å². The lowest BCUT2D eigenvalue weighted by Crippen LogP contribution is -2.34. The van der Waals surface area contributed by atoms with Crippen molar-refractivity contribution < 1.29 is 17.6 Å². The van der Waals surface area contributed by atoms with Gasteiger partial charge in [0.2, 0.25) is 0 Å². The number of amides is 1. The summed E-state index contributed by atoms with van der Waals surface area (Å²) in [5.41, 5.74) is 0.394. The third kappa shape index (κ3) is 5.93. The Balaban J connectivity index is 1.67. The van der Waals surface area contributed by atoms with Crippen LogP contribution in [0.3, 0.4) is 0 Å². The molecule has 30 heavy (non-hydrogen) atoms. The van der Waals surface area contributed by atoms with E-state index in [1.54, 1.807) is 0 Å². The monoisotopic (exact) mass is 453 g/mol. The number of hydrogen-bond donors (Lipinski definition) is 2. The molecule has 0 aromatic heterocycles. The van der Waals surface area contributed by atoms with E-state index in [1.807, 2.05) is 0 Å². The summed E-state index contributed by atoms with van der Waals surface area (Å²) in [5, 5.41) is 2.85. The van der Waals surface area contributed by atoms with Crippen LogP contribution < -0.4 is 10.0 Å². The second-order valence-electron chi connectivity index (χ2n) is 7.58. The van der Waals surface area contributed by atoms with Crippen LogP contribution in [0, 0.1) is 11.7 Å². The van der Waals surface area contributed by atoms with Gasteiger partial charge in [-0.15, -0.1) is 0 Å². The zero-order chi connectivity index (χ0) is 21.7. The van der Waals surface area contributed by atoms with Gasteiger partial charge in [-0.1, -0.05) is 18.5 Å². The summed E-state index contributed by atoms with van der Waals surface area (Å²) in [7, 11) is -4.05. The highest BCUT2D eigenvalue weighted by molar-refractivity contribution is 7.92. The largest absolute Gasteiger partial charge is 0.352 e. The van der Waals surface area contributed by atoms with Crippen LogP contribution in [0.4, 0.5) is 10.1 Å². The molecule has 1 unspecified atom stereocenters. The fraction of sp³-hybridized carbons (Fsp3) is 0.381. The standard InChI is InChI=1S/C21H25ClFN3O3S/c1-15(14-26-10-2-3-11-26)13-24-21(27)16-4-9-19(22)20(12-16)30(28,29)25-18-7-5-17(23)6-8-18/h4-9,12,15,25H,2-3,10-11,13-14H2,1H3,(H,24,27). The third-order valence-electron chi connectivity index (χ3n) is 4.96. The smallest absolute Gasteiger partial charge is 0.263 e. The van der Waals surface area contributed by atoms with Crippen molar-refractivity contribution in [3.05, 3.63) is 58.9 Å². The molecule has 1 saturated heterocycles. The Bertz CT molecular complexity index is 993. The highest BCUT2D eigenvalue weighted by atomic mass is 35.5. The molecule has 0 aliphatic carbocycles. The summed E-state index contributed by atoms with van der Waals surface area (Å²) in [6.45, 7) is 5.68. The quantitative estimate of drug-likeness (QED) is 0.638. The van der Waals surface area contributed by atoms with Gasteiger partial charge in [-0.2, -0.15) is 0 Å². The molecular formula is C21H25ClFN3O3S. The van der Waals surface area contributed by atoms with E-state index in [1.165, 1.54) is 43.2 Å². The number of halogens is 2. The Morgan fingerprint density at radius 3 is 2.50 bits per heavy atom. The van der Waals surface area contributed by atoms with Gasteiger partial charge in [0.1, 0.15) is 10.7 Å². The number of nitrogens with zero attached hydrogens (tertiary/aromatic N) is 1. The third-order valence-corrected chi connectivity index (χ3v) is 6.82. The summed E-state index contributed by atoms with van der Waals surface area (Å²) in [4.78, 5) is 14.7. The van der Waals surface area contributed by atoms with Gasteiger partial charge >= 0.3 is 0 Å². The van der Waals surface area contributed by atoms with Crippen LogP contribution in [0.15, 0.2) is 47.4 Å². The average Bonchev–Trinajstić information content (AvgIpc) is 3.21. The van der Waals surface area contributed by atoms with Gasteiger partial charge in [0.25, 0.3) is 15.9 Å². The highest BCUT2D eigenvalue weighted by Crippen LogP contribution is 2.25. The first-order chi connectivity index (χ1) is 14.2. The summed E-state index contributed by atoms with van der Waals surface area (Å²) in [5.74, 6) is -0.561. The lowest BCUT2D eigenvalue weighted by molar-refractivity contribution is 0.0945. The van der Waals surface area contributed by atoms with E-state index >= 15 is 0 Å². The molecule has 1 fully saturated rings. The van der Waals surface area contributed by atoms with Crippen molar-refractivity contribution in [2.24, 2.45) is 5.92 Å². The molecule has 1 aliphatic heterocycles. The molecular weight excluding hydrogens is 429 g/mol. The maximum absolute atomic E-state index is 13.0. The number of benzene rings is 2. The molecule has 1 aliphatic rings. The van der Waals surface area contributed by atoms with Crippen LogP contribution in [-0.4, -0.2) is 45.4 Å². The second kappa shape index (κ2) is 9.76. The summed E-state index contributed by atoms with van der Waals surface area (Å²) >= 11 is 6.08.